The van der Waals surface area contributed by atoms with Gasteiger partial charge in [0.2, 0.25) is 10.0 Å². The molecular formula is C17H17N4O2S. The van der Waals surface area contributed by atoms with Crippen molar-refractivity contribution in [2.45, 2.75) is 24.2 Å². The molecule has 7 heteroatoms. The van der Waals surface area contributed by atoms with E-state index in [1.54, 1.807) is 22.6 Å². The number of H-pyrrole nitrogens is 1. The zero-order chi connectivity index (χ0) is 16.6. The van der Waals surface area contributed by atoms with Crippen LogP contribution in [0.4, 0.5) is 0 Å². The number of piperidine rings is 1. The molecule has 1 aliphatic heterocycles. The highest BCUT2D eigenvalue weighted by atomic mass is 32.2. The summed E-state index contributed by atoms with van der Waals surface area (Å²) in [7, 11) is -3.39. The number of benzene rings is 1. The highest BCUT2D eigenvalue weighted by molar-refractivity contribution is 7.89. The van der Waals surface area contributed by atoms with Crippen molar-refractivity contribution in [3.63, 3.8) is 0 Å². The van der Waals surface area contributed by atoms with Gasteiger partial charge in [0.05, 0.1) is 4.90 Å². The zero-order valence-corrected chi connectivity index (χ0v) is 13.9. The molecule has 0 spiro atoms. The quantitative estimate of drug-likeness (QED) is 0.794. The fourth-order valence-electron chi connectivity index (χ4n) is 3.01. The second kappa shape index (κ2) is 5.99. The third-order valence-electron chi connectivity index (χ3n) is 4.36. The van der Waals surface area contributed by atoms with Crippen LogP contribution in [0, 0.1) is 6.33 Å². The van der Waals surface area contributed by atoms with Gasteiger partial charge in [-0.15, -0.1) is 0 Å². The maximum atomic E-state index is 12.7. The number of pyridine rings is 1. The first-order valence-electron chi connectivity index (χ1n) is 7.97. The Morgan fingerprint density at radius 3 is 2.54 bits per heavy atom. The summed E-state index contributed by atoms with van der Waals surface area (Å²) >= 11 is 0. The van der Waals surface area contributed by atoms with E-state index in [4.69, 9.17) is 0 Å². The smallest absolute Gasteiger partial charge is 0.243 e. The number of nitrogens with one attached hydrogen (secondary N) is 1. The molecule has 1 saturated heterocycles. The number of aromatic nitrogens is 3. The lowest BCUT2D eigenvalue weighted by molar-refractivity contribution is 0.346. The highest BCUT2D eigenvalue weighted by Crippen LogP contribution is 2.25. The third kappa shape index (κ3) is 2.70. The molecule has 123 valence electrons. The number of nitrogens with zero attached hydrogens (tertiary/aromatic N) is 3. The Balaban J connectivity index is 1.64. The molecule has 0 unspecified atom stereocenters. The molecule has 0 bridgehead atoms. The number of sulfonamides is 1. The van der Waals surface area contributed by atoms with Crippen LogP contribution >= 0.6 is 0 Å². The van der Waals surface area contributed by atoms with Crippen molar-refractivity contribution in [3.8, 4) is 11.1 Å². The first kappa shape index (κ1) is 15.3. The SMILES string of the molecule is O=S(=O)(c1ccc(-c2cnc3[nH][c]nc3c2)cc1)N1CCCCC1. The number of rotatable bonds is 3. The predicted molar refractivity (Wildman–Crippen MR) is 90.8 cm³/mol. The molecule has 0 amide bonds. The van der Waals surface area contributed by atoms with Crippen LogP contribution in [0.5, 0.6) is 0 Å². The number of hydrogen-bond acceptors (Lipinski definition) is 4. The zero-order valence-electron chi connectivity index (χ0n) is 13.1. The molecular weight excluding hydrogens is 324 g/mol. The van der Waals surface area contributed by atoms with Gasteiger partial charge in [0, 0.05) is 24.8 Å². The lowest BCUT2D eigenvalue weighted by atomic mass is 10.1. The van der Waals surface area contributed by atoms with Gasteiger partial charge in [0.15, 0.2) is 12.0 Å². The van der Waals surface area contributed by atoms with E-state index in [9.17, 15) is 8.42 Å². The van der Waals surface area contributed by atoms with Gasteiger partial charge in [-0.2, -0.15) is 4.31 Å². The molecule has 0 atom stereocenters. The number of fused-ring (bicyclic) bond motifs is 1. The van der Waals surface area contributed by atoms with Gasteiger partial charge in [-0.3, -0.25) is 0 Å². The molecule has 0 aliphatic carbocycles. The van der Waals surface area contributed by atoms with E-state index in [2.05, 4.69) is 21.3 Å². The highest BCUT2D eigenvalue weighted by Gasteiger charge is 2.25. The average Bonchev–Trinajstić information content (AvgIpc) is 3.10. The largest absolute Gasteiger partial charge is 0.320 e. The monoisotopic (exact) mass is 341 g/mol. The van der Waals surface area contributed by atoms with Crippen LogP contribution in [0.3, 0.4) is 0 Å². The van der Waals surface area contributed by atoms with Crippen LogP contribution in [-0.2, 0) is 10.0 Å². The molecule has 1 radical (unpaired) electrons. The van der Waals surface area contributed by atoms with E-state index in [-0.39, 0.29) is 0 Å². The van der Waals surface area contributed by atoms with Crippen LogP contribution in [0.25, 0.3) is 22.3 Å². The van der Waals surface area contributed by atoms with Crippen LogP contribution in [-0.4, -0.2) is 40.8 Å². The number of aromatic amines is 1. The Labute approximate surface area is 140 Å². The molecule has 1 N–H and O–H groups in total. The van der Waals surface area contributed by atoms with E-state index >= 15 is 0 Å². The summed E-state index contributed by atoms with van der Waals surface area (Å²) in [6.07, 6.45) is 7.37. The standard InChI is InChI=1S/C17H17N4O2S/c22-24(23,21-8-2-1-3-9-21)15-6-4-13(5-7-15)14-10-16-17(18-11-14)20-12-19-16/h4-7,10-11H,1-3,8-9H2,(H,18,19,20). The Morgan fingerprint density at radius 2 is 1.79 bits per heavy atom. The van der Waals surface area contributed by atoms with Crippen molar-refractivity contribution in [1.29, 1.82) is 0 Å². The molecule has 3 aromatic rings. The fraction of sp³-hybridized carbons (Fsp3) is 0.294. The minimum absolute atomic E-state index is 0.343. The van der Waals surface area contributed by atoms with Gasteiger partial charge in [-0.1, -0.05) is 18.6 Å². The Bertz CT molecular complexity index is 958. The third-order valence-corrected chi connectivity index (χ3v) is 6.27. The van der Waals surface area contributed by atoms with Gasteiger partial charge < -0.3 is 4.98 Å². The van der Waals surface area contributed by atoms with E-state index in [0.29, 0.717) is 23.6 Å². The van der Waals surface area contributed by atoms with Gasteiger partial charge in [-0.25, -0.2) is 18.4 Å². The summed E-state index contributed by atoms with van der Waals surface area (Å²) in [5.41, 5.74) is 3.22. The summed E-state index contributed by atoms with van der Waals surface area (Å²) in [4.78, 5) is 11.5. The number of hydrogen-bond donors (Lipinski definition) is 1. The molecule has 0 saturated carbocycles. The second-order valence-electron chi connectivity index (χ2n) is 5.93. The predicted octanol–water partition coefficient (Wildman–Crippen LogP) is 2.60. The Morgan fingerprint density at radius 1 is 1.04 bits per heavy atom. The van der Waals surface area contributed by atoms with Crippen molar-refractivity contribution in [2.75, 3.05) is 13.1 Å². The van der Waals surface area contributed by atoms with Gasteiger partial charge in [-0.05, 0) is 36.6 Å². The molecule has 1 fully saturated rings. The minimum atomic E-state index is -3.39. The van der Waals surface area contributed by atoms with E-state index in [1.807, 2.05) is 18.2 Å². The Hall–Kier alpha value is -2.25. The van der Waals surface area contributed by atoms with Gasteiger partial charge in [0.25, 0.3) is 0 Å². The molecule has 2 aromatic heterocycles. The van der Waals surface area contributed by atoms with Crippen LogP contribution in [0.1, 0.15) is 19.3 Å². The van der Waals surface area contributed by atoms with Crippen LogP contribution in [0.2, 0.25) is 0 Å². The normalized spacial score (nSPS) is 16.5. The molecule has 24 heavy (non-hydrogen) atoms. The summed E-state index contributed by atoms with van der Waals surface area (Å²) in [5.74, 6) is 0. The summed E-state index contributed by atoms with van der Waals surface area (Å²) < 4.78 is 26.9. The maximum absolute atomic E-state index is 12.7. The molecule has 4 rings (SSSR count). The first-order chi connectivity index (χ1) is 11.6. The van der Waals surface area contributed by atoms with Crippen LogP contribution in [0.15, 0.2) is 41.4 Å². The molecule has 1 aliphatic rings. The summed E-state index contributed by atoms with van der Waals surface area (Å²) in [5, 5.41) is 0. The van der Waals surface area contributed by atoms with Gasteiger partial charge in [0.1, 0.15) is 5.52 Å². The van der Waals surface area contributed by atoms with Crippen molar-refractivity contribution in [3.05, 3.63) is 42.9 Å². The minimum Gasteiger partial charge on any atom is -0.320 e. The molecule has 1 aromatic carbocycles. The average molecular weight is 341 g/mol. The summed E-state index contributed by atoms with van der Waals surface area (Å²) in [6.45, 7) is 1.22. The summed E-state index contributed by atoms with van der Waals surface area (Å²) in [6, 6.07) is 8.87. The lowest BCUT2D eigenvalue weighted by Crippen LogP contribution is -2.35. The Kier molecular flexibility index (Phi) is 3.82. The van der Waals surface area contributed by atoms with Gasteiger partial charge >= 0.3 is 0 Å². The second-order valence-corrected chi connectivity index (χ2v) is 7.87. The molecule has 3 heterocycles. The van der Waals surface area contributed by atoms with Crippen molar-refractivity contribution in [2.24, 2.45) is 0 Å². The first-order valence-corrected chi connectivity index (χ1v) is 9.41. The van der Waals surface area contributed by atoms with Crippen molar-refractivity contribution < 1.29 is 8.42 Å². The number of imidazole rings is 1. The van der Waals surface area contributed by atoms with Crippen molar-refractivity contribution >= 4 is 21.2 Å². The topological polar surface area (TPSA) is 79.0 Å². The fourth-order valence-corrected chi connectivity index (χ4v) is 4.52. The van der Waals surface area contributed by atoms with Crippen molar-refractivity contribution in [1.82, 2.24) is 19.3 Å². The maximum Gasteiger partial charge on any atom is 0.243 e. The van der Waals surface area contributed by atoms with Crippen LogP contribution < -0.4 is 0 Å². The molecule has 6 nitrogen and oxygen atoms in total. The van der Waals surface area contributed by atoms with E-state index in [1.165, 1.54) is 0 Å². The lowest BCUT2D eigenvalue weighted by Gasteiger charge is -2.25. The van der Waals surface area contributed by atoms with E-state index in [0.717, 1.165) is 35.9 Å². The van der Waals surface area contributed by atoms with E-state index < -0.39 is 10.0 Å².